The van der Waals surface area contributed by atoms with Gasteiger partial charge in [-0.1, -0.05) is 13.8 Å². The van der Waals surface area contributed by atoms with E-state index in [2.05, 4.69) is 39.8 Å². The molecule has 0 spiro atoms. The first-order chi connectivity index (χ1) is 7.75. The van der Waals surface area contributed by atoms with Crippen LogP contribution in [-0.2, 0) is 6.54 Å². The molecule has 0 aromatic carbocycles. The van der Waals surface area contributed by atoms with Crippen molar-refractivity contribution in [2.75, 3.05) is 13.1 Å². The topological polar surface area (TPSA) is 49.3 Å². The van der Waals surface area contributed by atoms with E-state index in [4.69, 9.17) is 0 Å². The summed E-state index contributed by atoms with van der Waals surface area (Å²) in [5.74, 6) is 1.43. The minimum atomic E-state index is 0. The standard InChI is InChI=1S/C11H18N4S.HI/c1-8(2)10-15-9(7-16-10)6-14-11-12-4-3-5-13-11;/h7-8H,3-6H2,1-2H3,(H2,12,13,14);1H. The Hall–Kier alpha value is -0.370. The number of aromatic nitrogens is 1. The number of guanidine groups is 1. The summed E-state index contributed by atoms with van der Waals surface area (Å²) in [5, 5.41) is 9.83. The Morgan fingerprint density at radius 3 is 2.94 bits per heavy atom. The average Bonchev–Trinajstić information content (AvgIpc) is 2.76. The van der Waals surface area contributed by atoms with Crippen LogP contribution in [0.2, 0.25) is 0 Å². The molecule has 1 aromatic rings. The molecule has 1 aromatic heterocycles. The first-order valence-electron chi connectivity index (χ1n) is 5.72. The van der Waals surface area contributed by atoms with Gasteiger partial charge in [-0.05, 0) is 6.42 Å². The molecule has 0 fully saturated rings. The Kier molecular flexibility index (Phi) is 6.18. The summed E-state index contributed by atoms with van der Waals surface area (Å²) in [4.78, 5) is 8.92. The highest BCUT2D eigenvalue weighted by Crippen LogP contribution is 2.18. The quantitative estimate of drug-likeness (QED) is 0.808. The van der Waals surface area contributed by atoms with Gasteiger partial charge in [-0.2, -0.15) is 0 Å². The van der Waals surface area contributed by atoms with Crippen molar-refractivity contribution in [2.24, 2.45) is 4.99 Å². The molecule has 17 heavy (non-hydrogen) atoms. The summed E-state index contributed by atoms with van der Waals surface area (Å²) in [6, 6.07) is 0. The molecule has 0 amide bonds. The van der Waals surface area contributed by atoms with Crippen molar-refractivity contribution in [2.45, 2.75) is 32.7 Å². The minimum Gasteiger partial charge on any atom is -0.356 e. The lowest BCUT2D eigenvalue weighted by Crippen LogP contribution is -2.40. The van der Waals surface area contributed by atoms with Gasteiger partial charge < -0.3 is 10.6 Å². The van der Waals surface area contributed by atoms with E-state index in [1.807, 2.05) is 0 Å². The van der Waals surface area contributed by atoms with Crippen LogP contribution in [0.4, 0.5) is 0 Å². The van der Waals surface area contributed by atoms with Gasteiger partial charge in [-0.3, -0.25) is 4.99 Å². The zero-order valence-electron chi connectivity index (χ0n) is 10.2. The highest BCUT2D eigenvalue weighted by molar-refractivity contribution is 14.0. The van der Waals surface area contributed by atoms with Crippen LogP contribution in [0.3, 0.4) is 0 Å². The summed E-state index contributed by atoms with van der Waals surface area (Å²) >= 11 is 1.73. The SMILES string of the molecule is CC(C)c1nc(CNC2=NCCCN2)cs1.I. The van der Waals surface area contributed by atoms with Gasteiger partial charge in [-0.15, -0.1) is 35.3 Å². The Balaban J connectivity index is 0.00000144. The van der Waals surface area contributed by atoms with Gasteiger partial charge in [-0.25, -0.2) is 4.98 Å². The lowest BCUT2D eigenvalue weighted by molar-refractivity contribution is 0.698. The molecule has 1 aliphatic heterocycles. The molecular formula is C11H19IN4S. The second-order valence-corrected chi connectivity index (χ2v) is 5.09. The molecule has 4 nitrogen and oxygen atoms in total. The van der Waals surface area contributed by atoms with Crippen molar-refractivity contribution in [3.05, 3.63) is 16.1 Å². The molecule has 0 radical (unpaired) electrons. The largest absolute Gasteiger partial charge is 0.356 e. The zero-order chi connectivity index (χ0) is 11.4. The van der Waals surface area contributed by atoms with E-state index in [1.165, 1.54) is 5.01 Å². The van der Waals surface area contributed by atoms with Gasteiger partial charge in [0.1, 0.15) is 0 Å². The second kappa shape index (κ2) is 7.15. The number of nitrogens with one attached hydrogen (secondary N) is 2. The average molecular weight is 366 g/mol. The highest BCUT2D eigenvalue weighted by Gasteiger charge is 2.07. The molecule has 0 atom stereocenters. The Labute approximate surface area is 123 Å². The second-order valence-electron chi connectivity index (χ2n) is 4.20. The van der Waals surface area contributed by atoms with Gasteiger partial charge in [0.05, 0.1) is 17.2 Å². The van der Waals surface area contributed by atoms with Crippen LogP contribution in [0, 0.1) is 0 Å². The number of aliphatic imine (C=N–C) groups is 1. The van der Waals surface area contributed by atoms with Crippen LogP contribution >= 0.6 is 35.3 Å². The van der Waals surface area contributed by atoms with Crippen molar-refractivity contribution >= 4 is 41.3 Å². The third-order valence-electron chi connectivity index (χ3n) is 2.40. The molecule has 2 rings (SSSR count). The third-order valence-corrected chi connectivity index (χ3v) is 3.59. The van der Waals surface area contributed by atoms with E-state index in [9.17, 15) is 0 Å². The van der Waals surface area contributed by atoms with Crippen LogP contribution in [0.15, 0.2) is 10.4 Å². The predicted molar refractivity (Wildman–Crippen MR) is 83.4 cm³/mol. The molecule has 6 heteroatoms. The van der Waals surface area contributed by atoms with Crippen LogP contribution in [0.1, 0.15) is 36.9 Å². The van der Waals surface area contributed by atoms with Crippen molar-refractivity contribution in [3.8, 4) is 0 Å². The molecule has 0 aliphatic carbocycles. The minimum absolute atomic E-state index is 0. The van der Waals surface area contributed by atoms with Gasteiger partial charge in [0.25, 0.3) is 0 Å². The summed E-state index contributed by atoms with van der Waals surface area (Å²) in [6.45, 7) is 7.03. The maximum Gasteiger partial charge on any atom is 0.191 e. The fourth-order valence-corrected chi connectivity index (χ4v) is 2.33. The molecule has 2 N–H and O–H groups in total. The van der Waals surface area contributed by atoms with Crippen molar-refractivity contribution in [1.82, 2.24) is 15.6 Å². The monoisotopic (exact) mass is 366 g/mol. The van der Waals surface area contributed by atoms with Crippen LogP contribution in [0.5, 0.6) is 0 Å². The number of halogens is 1. The van der Waals surface area contributed by atoms with E-state index in [1.54, 1.807) is 11.3 Å². The molecule has 1 aliphatic rings. The van der Waals surface area contributed by atoms with Gasteiger partial charge >= 0.3 is 0 Å². The molecular weight excluding hydrogens is 347 g/mol. The number of hydrogen-bond acceptors (Lipinski definition) is 5. The third kappa shape index (κ3) is 4.42. The fraction of sp³-hybridized carbons (Fsp3) is 0.636. The number of rotatable bonds is 3. The van der Waals surface area contributed by atoms with Gasteiger partial charge in [0.15, 0.2) is 5.96 Å². The Morgan fingerprint density at radius 1 is 1.53 bits per heavy atom. The molecule has 0 unspecified atom stereocenters. The van der Waals surface area contributed by atoms with E-state index >= 15 is 0 Å². The molecule has 0 bridgehead atoms. The Morgan fingerprint density at radius 2 is 2.35 bits per heavy atom. The highest BCUT2D eigenvalue weighted by atomic mass is 127. The maximum absolute atomic E-state index is 4.57. The smallest absolute Gasteiger partial charge is 0.191 e. The summed E-state index contributed by atoms with van der Waals surface area (Å²) < 4.78 is 0. The summed E-state index contributed by atoms with van der Waals surface area (Å²) in [7, 11) is 0. The van der Waals surface area contributed by atoms with Crippen LogP contribution in [0.25, 0.3) is 0 Å². The number of nitrogens with zero attached hydrogens (tertiary/aromatic N) is 2. The first kappa shape index (κ1) is 14.7. The summed E-state index contributed by atoms with van der Waals surface area (Å²) in [5.41, 5.74) is 1.10. The van der Waals surface area contributed by atoms with Crippen LogP contribution < -0.4 is 10.6 Å². The van der Waals surface area contributed by atoms with Crippen molar-refractivity contribution in [3.63, 3.8) is 0 Å². The van der Waals surface area contributed by atoms with E-state index in [0.29, 0.717) is 5.92 Å². The molecule has 0 saturated heterocycles. The van der Waals surface area contributed by atoms with Gasteiger partial charge in [0, 0.05) is 24.4 Å². The maximum atomic E-state index is 4.57. The Bertz CT molecular complexity index is 375. The normalized spacial score (nSPS) is 14.9. The van der Waals surface area contributed by atoms with E-state index in [-0.39, 0.29) is 24.0 Å². The lowest BCUT2D eigenvalue weighted by Gasteiger charge is -2.15. The number of hydrogen-bond donors (Lipinski definition) is 2. The fourth-order valence-electron chi connectivity index (χ4n) is 1.49. The van der Waals surface area contributed by atoms with Gasteiger partial charge in [0.2, 0.25) is 0 Å². The van der Waals surface area contributed by atoms with E-state index < -0.39 is 0 Å². The molecule has 96 valence electrons. The van der Waals surface area contributed by atoms with Crippen molar-refractivity contribution in [1.29, 1.82) is 0 Å². The lowest BCUT2D eigenvalue weighted by atomic mass is 10.2. The van der Waals surface area contributed by atoms with E-state index in [0.717, 1.165) is 37.7 Å². The first-order valence-corrected chi connectivity index (χ1v) is 6.60. The summed E-state index contributed by atoms with van der Waals surface area (Å²) in [6.07, 6.45) is 1.12. The van der Waals surface area contributed by atoms with Crippen molar-refractivity contribution < 1.29 is 0 Å². The zero-order valence-corrected chi connectivity index (χ0v) is 13.3. The predicted octanol–water partition coefficient (Wildman–Crippen LogP) is 2.32. The molecule has 2 heterocycles. The van der Waals surface area contributed by atoms with Crippen LogP contribution in [-0.4, -0.2) is 24.0 Å². The number of thiazole rings is 1. The molecule has 0 saturated carbocycles.